The summed E-state index contributed by atoms with van der Waals surface area (Å²) < 4.78 is 15.6. The number of carbonyl (C=O) groups excluding carboxylic acids is 3. The van der Waals surface area contributed by atoms with Gasteiger partial charge in [-0.15, -0.1) is 0 Å². The van der Waals surface area contributed by atoms with Crippen LogP contribution in [0.25, 0.3) is 0 Å². The second-order valence-electron chi connectivity index (χ2n) is 8.93. The zero-order valence-corrected chi connectivity index (χ0v) is 19.4. The van der Waals surface area contributed by atoms with Crippen LogP contribution in [0.1, 0.15) is 61.3 Å². The number of hydrogen-bond acceptors (Lipinski definition) is 8. The van der Waals surface area contributed by atoms with Gasteiger partial charge in [0.25, 0.3) is 5.91 Å². The van der Waals surface area contributed by atoms with E-state index in [-0.39, 0.29) is 19.9 Å². The quantitative estimate of drug-likeness (QED) is 0.191. The maximum atomic E-state index is 12.7. The van der Waals surface area contributed by atoms with E-state index in [0.29, 0.717) is 19.4 Å². The van der Waals surface area contributed by atoms with Gasteiger partial charge < -0.3 is 36.3 Å². The molecule has 2 amide bonds. The third kappa shape index (κ3) is 9.73. The standard InChI is InChI=1S/C20H40N4O6/c1-8-28-15(25)14(23-16(26)20(6,7)30-13-22)18(2,3)12-19(4,5)24-17(27)29-11-9-10-21/h14H,8-13,21-22H2,1-7H3,(H,23,26)(H,24,27). The summed E-state index contributed by atoms with van der Waals surface area (Å²) in [6.07, 6.45) is 0.337. The van der Waals surface area contributed by atoms with Gasteiger partial charge in [-0.1, -0.05) is 13.8 Å². The van der Waals surface area contributed by atoms with Crippen LogP contribution in [0.3, 0.4) is 0 Å². The van der Waals surface area contributed by atoms with Crippen molar-refractivity contribution in [2.75, 3.05) is 26.5 Å². The summed E-state index contributed by atoms with van der Waals surface area (Å²) in [6.45, 7) is 12.7. The molecule has 0 fully saturated rings. The Kier molecular flexibility index (Phi) is 11.3. The molecule has 0 rings (SSSR count). The fourth-order valence-electron chi connectivity index (χ4n) is 3.22. The average Bonchev–Trinajstić information content (AvgIpc) is 2.57. The summed E-state index contributed by atoms with van der Waals surface area (Å²) in [5.41, 5.74) is 8.05. The molecule has 0 bridgehead atoms. The Morgan fingerprint density at radius 3 is 2.10 bits per heavy atom. The Labute approximate surface area is 179 Å². The minimum Gasteiger partial charge on any atom is -0.464 e. The average molecular weight is 433 g/mol. The van der Waals surface area contributed by atoms with E-state index in [9.17, 15) is 14.4 Å². The number of alkyl carbamates (subject to hydrolysis) is 1. The topological polar surface area (TPSA) is 155 Å². The predicted molar refractivity (Wildman–Crippen MR) is 113 cm³/mol. The van der Waals surface area contributed by atoms with E-state index in [0.717, 1.165) is 0 Å². The van der Waals surface area contributed by atoms with Crippen molar-refractivity contribution >= 4 is 18.0 Å². The normalized spacial score (nSPS) is 13.4. The molecule has 0 aromatic heterocycles. The van der Waals surface area contributed by atoms with Crippen molar-refractivity contribution in [2.24, 2.45) is 16.9 Å². The molecule has 0 saturated carbocycles. The van der Waals surface area contributed by atoms with E-state index in [1.54, 1.807) is 20.8 Å². The van der Waals surface area contributed by atoms with Gasteiger partial charge in [0, 0.05) is 5.54 Å². The second kappa shape index (κ2) is 12.1. The third-order valence-corrected chi connectivity index (χ3v) is 4.49. The van der Waals surface area contributed by atoms with Crippen LogP contribution < -0.4 is 22.1 Å². The minimum atomic E-state index is -1.23. The zero-order chi connectivity index (χ0) is 23.6. The molecule has 176 valence electrons. The summed E-state index contributed by atoms with van der Waals surface area (Å²) in [4.78, 5) is 37.4. The summed E-state index contributed by atoms with van der Waals surface area (Å²) in [6, 6.07) is -0.972. The molecule has 0 aliphatic heterocycles. The molecule has 0 saturated heterocycles. The van der Waals surface area contributed by atoms with E-state index in [4.69, 9.17) is 25.7 Å². The first-order valence-corrected chi connectivity index (χ1v) is 10.2. The lowest BCUT2D eigenvalue weighted by molar-refractivity contribution is -0.156. The maximum absolute atomic E-state index is 12.7. The predicted octanol–water partition coefficient (Wildman–Crippen LogP) is 1.02. The lowest BCUT2D eigenvalue weighted by atomic mass is 9.74. The van der Waals surface area contributed by atoms with E-state index in [1.807, 2.05) is 27.7 Å². The van der Waals surface area contributed by atoms with Crippen molar-refractivity contribution in [3.8, 4) is 0 Å². The van der Waals surface area contributed by atoms with Crippen LogP contribution in [0, 0.1) is 5.41 Å². The summed E-state index contributed by atoms with van der Waals surface area (Å²) in [5, 5.41) is 5.53. The van der Waals surface area contributed by atoms with E-state index in [2.05, 4.69) is 10.6 Å². The Bertz CT molecular complexity index is 578. The van der Waals surface area contributed by atoms with Crippen molar-refractivity contribution in [3.63, 3.8) is 0 Å². The van der Waals surface area contributed by atoms with Gasteiger partial charge in [0.2, 0.25) is 0 Å². The fourth-order valence-corrected chi connectivity index (χ4v) is 3.22. The number of rotatable bonds is 13. The molecule has 0 aromatic rings. The summed E-state index contributed by atoms with van der Waals surface area (Å²) >= 11 is 0. The lowest BCUT2D eigenvalue weighted by Gasteiger charge is -2.40. The van der Waals surface area contributed by atoms with Crippen LogP contribution in [0.4, 0.5) is 4.79 Å². The van der Waals surface area contributed by atoms with Gasteiger partial charge in [0.1, 0.15) is 11.6 Å². The summed E-state index contributed by atoms with van der Waals surface area (Å²) in [5.74, 6) is -1.06. The number of nitrogens with one attached hydrogen (secondary N) is 2. The van der Waals surface area contributed by atoms with Crippen LogP contribution in [-0.4, -0.2) is 61.6 Å². The van der Waals surface area contributed by atoms with Crippen molar-refractivity contribution in [1.29, 1.82) is 0 Å². The van der Waals surface area contributed by atoms with Crippen molar-refractivity contribution < 1.29 is 28.6 Å². The highest BCUT2D eigenvalue weighted by Crippen LogP contribution is 2.33. The summed E-state index contributed by atoms with van der Waals surface area (Å²) in [7, 11) is 0. The monoisotopic (exact) mass is 432 g/mol. The number of esters is 1. The molecular formula is C20H40N4O6. The Morgan fingerprint density at radius 1 is 1.00 bits per heavy atom. The molecule has 10 heteroatoms. The van der Waals surface area contributed by atoms with Gasteiger partial charge in [0.15, 0.2) is 0 Å². The first-order chi connectivity index (χ1) is 13.7. The first-order valence-electron chi connectivity index (χ1n) is 10.2. The second-order valence-corrected chi connectivity index (χ2v) is 8.93. The molecule has 0 radical (unpaired) electrons. The SMILES string of the molecule is CCOC(=O)C(NC(=O)C(C)(C)OCN)C(C)(C)CC(C)(C)NC(=O)OCCCN. The minimum absolute atomic E-state index is 0.142. The third-order valence-electron chi connectivity index (χ3n) is 4.49. The lowest BCUT2D eigenvalue weighted by Crippen LogP contribution is -2.59. The number of ether oxygens (including phenoxy) is 3. The molecule has 1 unspecified atom stereocenters. The van der Waals surface area contributed by atoms with Gasteiger partial charge in [-0.25, -0.2) is 9.59 Å². The first kappa shape index (κ1) is 28.1. The number of carbonyl (C=O) groups is 3. The molecule has 0 spiro atoms. The van der Waals surface area contributed by atoms with Gasteiger partial charge >= 0.3 is 12.1 Å². The van der Waals surface area contributed by atoms with Gasteiger partial charge in [-0.2, -0.15) is 0 Å². The molecule has 10 nitrogen and oxygen atoms in total. The number of hydrogen-bond donors (Lipinski definition) is 4. The maximum Gasteiger partial charge on any atom is 0.407 e. The fraction of sp³-hybridized carbons (Fsp3) is 0.850. The van der Waals surface area contributed by atoms with Gasteiger partial charge in [0.05, 0.1) is 19.9 Å². The van der Waals surface area contributed by atoms with Crippen LogP contribution >= 0.6 is 0 Å². The molecule has 0 aromatic carbocycles. The molecule has 30 heavy (non-hydrogen) atoms. The number of amides is 2. The number of nitrogens with two attached hydrogens (primary N) is 2. The zero-order valence-electron chi connectivity index (χ0n) is 19.4. The highest BCUT2D eigenvalue weighted by molar-refractivity contribution is 5.89. The van der Waals surface area contributed by atoms with Crippen LogP contribution in [0.5, 0.6) is 0 Å². The molecule has 6 N–H and O–H groups in total. The van der Waals surface area contributed by atoms with E-state index in [1.165, 1.54) is 0 Å². The smallest absolute Gasteiger partial charge is 0.407 e. The molecule has 0 heterocycles. The van der Waals surface area contributed by atoms with Gasteiger partial charge in [-0.05, 0) is 59.4 Å². The van der Waals surface area contributed by atoms with E-state index < -0.39 is 40.6 Å². The molecule has 0 aliphatic rings. The molecule has 1 atom stereocenters. The Balaban J connectivity index is 5.43. The van der Waals surface area contributed by atoms with E-state index >= 15 is 0 Å². The van der Waals surface area contributed by atoms with Crippen molar-refractivity contribution in [2.45, 2.75) is 78.5 Å². The Hall–Kier alpha value is -1.91. The van der Waals surface area contributed by atoms with Gasteiger partial charge in [-0.3, -0.25) is 4.79 Å². The van der Waals surface area contributed by atoms with Crippen LogP contribution in [0.15, 0.2) is 0 Å². The Morgan fingerprint density at radius 2 is 1.60 bits per heavy atom. The highest BCUT2D eigenvalue weighted by atomic mass is 16.5. The van der Waals surface area contributed by atoms with Crippen LogP contribution in [-0.2, 0) is 23.8 Å². The molecule has 0 aliphatic carbocycles. The molecular weight excluding hydrogens is 392 g/mol. The van der Waals surface area contributed by atoms with Crippen molar-refractivity contribution in [1.82, 2.24) is 10.6 Å². The largest absolute Gasteiger partial charge is 0.464 e. The highest BCUT2D eigenvalue weighted by Gasteiger charge is 2.43. The van der Waals surface area contributed by atoms with Crippen LogP contribution in [0.2, 0.25) is 0 Å². The van der Waals surface area contributed by atoms with Crippen molar-refractivity contribution in [3.05, 3.63) is 0 Å².